The molecule has 2 heterocycles. The molecule has 1 aliphatic rings. The molecule has 0 radical (unpaired) electrons. The second-order valence-electron chi connectivity index (χ2n) is 10.6. The lowest BCUT2D eigenvalue weighted by atomic mass is 9.84. The molecule has 1 saturated heterocycles. The lowest BCUT2D eigenvalue weighted by Crippen LogP contribution is -2.43. The van der Waals surface area contributed by atoms with E-state index in [0.717, 1.165) is 56.5 Å². The number of anilines is 1. The number of amides is 2. The van der Waals surface area contributed by atoms with E-state index in [1.807, 2.05) is 36.5 Å². The molecule has 2 aromatic carbocycles. The second kappa shape index (κ2) is 13.9. The van der Waals surface area contributed by atoms with Crippen molar-refractivity contribution < 1.29 is 18.8 Å². The number of urea groups is 1. The van der Waals surface area contributed by atoms with Gasteiger partial charge < -0.3 is 10.6 Å². The summed E-state index contributed by atoms with van der Waals surface area (Å²) in [4.78, 5) is 43.2. The van der Waals surface area contributed by atoms with Crippen LogP contribution in [0.1, 0.15) is 71.5 Å². The number of rotatable bonds is 11. The van der Waals surface area contributed by atoms with Gasteiger partial charge in [-0.3, -0.25) is 19.5 Å². The molecular weight excluding hydrogens is 507 g/mol. The Morgan fingerprint density at radius 2 is 1.73 bits per heavy atom. The van der Waals surface area contributed by atoms with Gasteiger partial charge in [0.15, 0.2) is 11.6 Å². The Balaban J connectivity index is 1.32. The molecule has 1 aromatic heterocycles. The van der Waals surface area contributed by atoms with Crippen molar-refractivity contribution in [2.75, 3.05) is 18.4 Å². The molecule has 4 rings (SSSR count). The Kier molecular flexibility index (Phi) is 10.1. The minimum atomic E-state index is -0.377. The SMILES string of the molecule is CC(=O)c1cc(NC(=O)NCCC[C@H]2C[C@H](Cc3ccc(F)cc3)CCN2Cc2ccccn2)cc(C(C)=O)c1. The van der Waals surface area contributed by atoms with Crippen LogP contribution < -0.4 is 10.6 Å². The number of ketones is 2. The van der Waals surface area contributed by atoms with Gasteiger partial charge in [-0.15, -0.1) is 0 Å². The monoisotopic (exact) mass is 544 g/mol. The van der Waals surface area contributed by atoms with E-state index in [0.29, 0.717) is 35.3 Å². The third-order valence-electron chi connectivity index (χ3n) is 7.48. The van der Waals surface area contributed by atoms with Gasteiger partial charge in [-0.1, -0.05) is 18.2 Å². The third kappa shape index (κ3) is 8.55. The van der Waals surface area contributed by atoms with Gasteiger partial charge in [-0.25, -0.2) is 9.18 Å². The zero-order valence-corrected chi connectivity index (χ0v) is 23.2. The highest BCUT2D eigenvalue weighted by Gasteiger charge is 2.28. The van der Waals surface area contributed by atoms with E-state index >= 15 is 0 Å². The second-order valence-corrected chi connectivity index (χ2v) is 10.6. The van der Waals surface area contributed by atoms with Crippen LogP contribution >= 0.6 is 0 Å². The van der Waals surface area contributed by atoms with E-state index in [-0.39, 0.29) is 23.4 Å². The first kappa shape index (κ1) is 29.1. The van der Waals surface area contributed by atoms with Crippen molar-refractivity contribution in [1.29, 1.82) is 0 Å². The van der Waals surface area contributed by atoms with Crippen LogP contribution in [0, 0.1) is 11.7 Å². The number of nitrogens with one attached hydrogen (secondary N) is 2. The maximum absolute atomic E-state index is 13.4. The highest BCUT2D eigenvalue weighted by atomic mass is 19.1. The van der Waals surface area contributed by atoms with Crippen molar-refractivity contribution in [2.24, 2.45) is 5.92 Å². The zero-order chi connectivity index (χ0) is 28.5. The van der Waals surface area contributed by atoms with Crippen molar-refractivity contribution in [3.8, 4) is 0 Å². The van der Waals surface area contributed by atoms with Crippen LogP contribution in [0.15, 0.2) is 66.9 Å². The average molecular weight is 545 g/mol. The first-order valence-corrected chi connectivity index (χ1v) is 13.9. The summed E-state index contributed by atoms with van der Waals surface area (Å²) in [6, 6.07) is 17.4. The summed E-state index contributed by atoms with van der Waals surface area (Å²) in [5, 5.41) is 5.65. The van der Waals surface area contributed by atoms with Crippen LogP contribution in [0.25, 0.3) is 0 Å². The summed E-state index contributed by atoms with van der Waals surface area (Å²) in [7, 11) is 0. The van der Waals surface area contributed by atoms with Gasteiger partial charge in [0.2, 0.25) is 0 Å². The summed E-state index contributed by atoms with van der Waals surface area (Å²) in [5.41, 5.74) is 3.36. The molecule has 210 valence electrons. The largest absolute Gasteiger partial charge is 0.338 e. The number of piperidine rings is 1. The van der Waals surface area contributed by atoms with Gasteiger partial charge >= 0.3 is 6.03 Å². The Hall–Kier alpha value is -3.91. The summed E-state index contributed by atoms with van der Waals surface area (Å²) in [5.74, 6) is -0.0519. The van der Waals surface area contributed by atoms with E-state index in [2.05, 4.69) is 20.5 Å². The predicted molar refractivity (Wildman–Crippen MR) is 154 cm³/mol. The van der Waals surface area contributed by atoms with Gasteiger partial charge in [0.05, 0.1) is 5.69 Å². The molecule has 0 saturated carbocycles. The third-order valence-corrected chi connectivity index (χ3v) is 7.48. The lowest BCUT2D eigenvalue weighted by molar-refractivity contribution is 0.0951. The van der Waals surface area contributed by atoms with Gasteiger partial charge in [-0.2, -0.15) is 0 Å². The lowest BCUT2D eigenvalue weighted by Gasteiger charge is -2.39. The van der Waals surface area contributed by atoms with Crippen LogP contribution in [0.2, 0.25) is 0 Å². The van der Waals surface area contributed by atoms with E-state index in [4.69, 9.17) is 0 Å². The van der Waals surface area contributed by atoms with Crippen LogP contribution in [0.3, 0.4) is 0 Å². The number of halogens is 1. The molecule has 0 unspecified atom stereocenters. The molecule has 0 aliphatic carbocycles. The molecule has 8 heteroatoms. The summed E-state index contributed by atoms with van der Waals surface area (Å²) < 4.78 is 13.4. The Morgan fingerprint density at radius 1 is 1.00 bits per heavy atom. The number of likely N-dealkylation sites (tertiary alicyclic amines) is 1. The molecule has 2 N–H and O–H groups in total. The number of pyridine rings is 1. The number of nitrogens with zero attached hydrogens (tertiary/aromatic N) is 2. The minimum absolute atomic E-state index is 0.174. The van der Waals surface area contributed by atoms with Gasteiger partial charge in [0.1, 0.15) is 5.82 Å². The van der Waals surface area contributed by atoms with Crippen LogP contribution in [-0.4, -0.2) is 46.6 Å². The average Bonchev–Trinajstić information content (AvgIpc) is 2.94. The van der Waals surface area contributed by atoms with E-state index in [1.165, 1.54) is 32.0 Å². The molecule has 0 spiro atoms. The molecule has 0 bridgehead atoms. The molecule has 7 nitrogen and oxygen atoms in total. The number of hydrogen-bond donors (Lipinski definition) is 2. The van der Waals surface area contributed by atoms with Crippen LogP contribution in [0.4, 0.5) is 14.9 Å². The van der Waals surface area contributed by atoms with Crippen molar-refractivity contribution in [2.45, 2.75) is 58.5 Å². The summed E-state index contributed by atoms with van der Waals surface area (Å²) in [6.07, 6.45) is 6.56. The first-order chi connectivity index (χ1) is 19.3. The quantitative estimate of drug-likeness (QED) is 0.227. The zero-order valence-electron chi connectivity index (χ0n) is 23.2. The maximum atomic E-state index is 13.4. The molecule has 2 amide bonds. The number of carbonyl (C=O) groups is 3. The number of carbonyl (C=O) groups excluding carboxylic acids is 3. The van der Waals surface area contributed by atoms with Crippen molar-refractivity contribution in [3.05, 3.63) is 95.1 Å². The molecular formula is C32H37FN4O3. The number of benzene rings is 2. The Bertz CT molecular complexity index is 1280. The van der Waals surface area contributed by atoms with Crippen LogP contribution in [-0.2, 0) is 13.0 Å². The fourth-order valence-electron chi connectivity index (χ4n) is 5.35. The molecule has 1 aliphatic heterocycles. The van der Waals surface area contributed by atoms with Gasteiger partial charge in [-0.05, 0) is 106 Å². The van der Waals surface area contributed by atoms with Gasteiger partial charge in [0.25, 0.3) is 0 Å². The summed E-state index contributed by atoms with van der Waals surface area (Å²) in [6.45, 7) is 5.10. The fraction of sp³-hybridized carbons (Fsp3) is 0.375. The number of Topliss-reactive ketones (excluding diaryl/α,β-unsaturated/α-hetero) is 2. The molecule has 3 aromatic rings. The molecule has 40 heavy (non-hydrogen) atoms. The Labute approximate surface area is 235 Å². The fourth-order valence-corrected chi connectivity index (χ4v) is 5.35. The summed E-state index contributed by atoms with van der Waals surface area (Å²) >= 11 is 0. The van der Waals surface area contributed by atoms with Crippen molar-refractivity contribution in [3.63, 3.8) is 0 Å². The normalized spacial score (nSPS) is 17.3. The smallest absolute Gasteiger partial charge is 0.319 e. The predicted octanol–water partition coefficient (Wildman–Crippen LogP) is 6.05. The van der Waals surface area contributed by atoms with Gasteiger partial charge in [0, 0.05) is 42.1 Å². The van der Waals surface area contributed by atoms with Crippen molar-refractivity contribution in [1.82, 2.24) is 15.2 Å². The number of hydrogen-bond acceptors (Lipinski definition) is 5. The van der Waals surface area contributed by atoms with E-state index in [1.54, 1.807) is 12.1 Å². The Morgan fingerprint density at radius 3 is 2.38 bits per heavy atom. The first-order valence-electron chi connectivity index (χ1n) is 13.9. The minimum Gasteiger partial charge on any atom is -0.338 e. The molecule has 2 atom stereocenters. The van der Waals surface area contributed by atoms with Crippen molar-refractivity contribution >= 4 is 23.3 Å². The molecule has 1 fully saturated rings. The van der Waals surface area contributed by atoms with Crippen LogP contribution in [0.5, 0.6) is 0 Å². The maximum Gasteiger partial charge on any atom is 0.319 e. The number of aromatic nitrogens is 1. The van der Waals surface area contributed by atoms with E-state index < -0.39 is 0 Å². The standard InChI is InChI=1S/C32H37FN4O3/c1-22(38)26-18-27(23(2)39)20-30(19-26)36-32(40)35-14-5-7-31-17-25(16-24-8-10-28(33)11-9-24)12-15-37(31)21-29-6-3-4-13-34-29/h3-4,6,8-11,13,18-20,25,31H,5,7,12,14-17,21H2,1-2H3,(H2,35,36,40)/t25-,31-/m0/s1. The highest BCUT2D eigenvalue weighted by molar-refractivity contribution is 6.02. The van der Waals surface area contributed by atoms with E-state index in [9.17, 15) is 18.8 Å². The topological polar surface area (TPSA) is 91.4 Å². The highest BCUT2D eigenvalue weighted by Crippen LogP contribution is 2.29.